The molecule has 1 aliphatic rings. The smallest absolute Gasteiger partial charge is 0.260 e. The summed E-state index contributed by atoms with van der Waals surface area (Å²) in [4.78, 5) is 24.2. The Kier molecular flexibility index (Phi) is 9.94. The quantitative estimate of drug-likeness (QED) is 0.323. The topological polar surface area (TPSA) is 126 Å². The third-order valence-corrected chi connectivity index (χ3v) is 6.96. The van der Waals surface area contributed by atoms with Gasteiger partial charge in [-0.05, 0) is 60.9 Å². The number of hydrogen-bond donors (Lipinski definition) is 2. The Morgan fingerprint density at radius 2 is 1.92 bits per heavy atom. The Morgan fingerprint density at radius 3 is 2.56 bits per heavy atom. The van der Waals surface area contributed by atoms with Crippen molar-refractivity contribution < 1.29 is 27.5 Å². The highest BCUT2D eigenvalue weighted by Gasteiger charge is 2.21. The van der Waals surface area contributed by atoms with Gasteiger partial charge in [-0.3, -0.25) is 13.9 Å². The van der Waals surface area contributed by atoms with Crippen molar-refractivity contribution in [3.05, 3.63) is 58.1 Å². The summed E-state index contributed by atoms with van der Waals surface area (Å²) in [6, 6.07) is 10.9. The van der Waals surface area contributed by atoms with Gasteiger partial charge in [0.1, 0.15) is 12.3 Å². The van der Waals surface area contributed by atoms with E-state index in [0.29, 0.717) is 17.9 Å². The molecule has 1 atom stereocenters. The highest BCUT2D eigenvalue weighted by Crippen LogP contribution is 2.28. The number of carbonyl (C=O) groups excluding carboxylic acids is 2. The van der Waals surface area contributed by atoms with Crippen LogP contribution in [0.15, 0.2) is 47.6 Å². The minimum Gasteiger partial charge on any atom is -0.484 e. The van der Waals surface area contributed by atoms with E-state index in [4.69, 9.17) is 32.7 Å². The largest absolute Gasteiger partial charge is 0.484 e. The van der Waals surface area contributed by atoms with Gasteiger partial charge in [-0.15, -0.1) is 0 Å². The normalized spacial score (nSPS) is 15.6. The van der Waals surface area contributed by atoms with E-state index < -0.39 is 22.5 Å². The zero-order valence-corrected chi connectivity index (χ0v) is 21.8. The summed E-state index contributed by atoms with van der Waals surface area (Å²) in [6.45, 7) is 0.578. The second-order valence-corrected chi connectivity index (χ2v) is 10.7. The predicted molar refractivity (Wildman–Crippen MR) is 138 cm³/mol. The van der Waals surface area contributed by atoms with Crippen LogP contribution >= 0.6 is 23.2 Å². The van der Waals surface area contributed by atoms with Crippen molar-refractivity contribution in [3.63, 3.8) is 0 Å². The fourth-order valence-corrected chi connectivity index (χ4v) is 4.41. The molecule has 2 aromatic carbocycles. The Morgan fingerprint density at radius 1 is 1.17 bits per heavy atom. The molecule has 3 rings (SSSR count). The number of amides is 2. The van der Waals surface area contributed by atoms with Gasteiger partial charge in [0.25, 0.3) is 11.8 Å². The van der Waals surface area contributed by atoms with Crippen molar-refractivity contribution in [2.75, 3.05) is 36.9 Å². The Labute approximate surface area is 219 Å². The van der Waals surface area contributed by atoms with Gasteiger partial charge in [-0.25, -0.2) is 13.8 Å². The van der Waals surface area contributed by atoms with Crippen LogP contribution in [0.1, 0.15) is 18.4 Å². The number of rotatable bonds is 11. The fourth-order valence-electron chi connectivity index (χ4n) is 3.27. The van der Waals surface area contributed by atoms with Gasteiger partial charge >= 0.3 is 0 Å². The van der Waals surface area contributed by atoms with E-state index in [0.717, 1.165) is 30.0 Å². The molecule has 36 heavy (non-hydrogen) atoms. The van der Waals surface area contributed by atoms with Crippen LogP contribution in [0.5, 0.6) is 5.75 Å². The maximum atomic E-state index is 12.3. The molecule has 1 heterocycles. The lowest BCUT2D eigenvalue weighted by atomic mass is 10.2. The number of nitrogens with zero attached hydrogens (tertiary/aromatic N) is 2. The molecule has 194 valence electrons. The number of anilines is 1. The van der Waals surface area contributed by atoms with Gasteiger partial charge < -0.3 is 14.8 Å². The maximum Gasteiger partial charge on any atom is 0.260 e. The number of benzene rings is 2. The molecule has 0 spiro atoms. The van der Waals surface area contributed by atoms with Crippen LogP contribution in [0, 0.1) is 0 Å². The molecular weight excluding hydrogens is 531 g/mol. The number of hydrogen-bond acceptors (Lipinski definition) is 7. The fraction of sp³-hybridized carbons (Fsp3) is 0.348. The highest BCUT2D eigenvalue weighted by atomic mass is 35.5. The molecule has 1 aliphatic heterocycles. The second-order valence-electron chi connectivity index (χ2n) is 7.96. The summed E-state index contributed by atoms with van der Waals surface area (Å²) in [5.74, 6) is -0.395. The van der Waals surface area contributed by atoms with Crippen LogP contribution in [-0.2, 0) is 24.3 Å². The molecule has 2 N–H and O–H groups in total. The van der Waals surface area contributed by atoms with Gasteiger partial charge in [-0.1, -0.05) is 23.2 Å². The molecule has 10 nitrogen and oxygen atoms in total. The molecular formula is C23H26Cl2N4O6S. The Bertz CT molecular complexity index is 1200. The number of sulfonamides is 1. The van der Waals surface area contributed by atoms with E-state index in [1.165, 1.54) is 24.4 Å². The summed E-state index contributed by atoms with van der Waals surface area (Å²) >= 11 is 11.8. The lowest BCUT2D eigenvalue weighted by Crippen LogP contribution is -2.39. The van der Waals surface area contributed by atoms with E-state index in [9.17, 15) is 18.0 Å². The van der Waals surface area contributed by atoms with Crippen LogP contribution in [0.4, 0.5) is 5.69 Å². The van der Waals surface area contributed by atoms with Crippen LogP contribution < -0.4 is 19.8 Å². The first kappa shape index (κ1) is 27.7. The summed E-state index contributed by atoms with van der Waals surface area (Å²) in [6.07, 6.45) is 4.38. The molecule has 1 saturated heterocycles. The number of carbonyl (C=O) groups is 2. The van der Waals surface area contributed by atoms with Crippen molar-refractivity contribution in [2.24, 2.45) is 5.10 Å². The number of halogens is 2. The first-order chi connectivity index (χ1) is 17.1. The van der Waals surface area contributed by atoms with E-state index >= 15 is 0 Å². The zero-order chi connectivity index (χ0) is 26.1. The van der Waals surface area contributed by atoms with Crippen molar-refractivity contribution >= 4 is 56.9 Å². The van der Waals surface area contributed by atoms with Crippen LogP contribution in [0.3, 0.4) is 0 Å². The molecule has 1 unspecified atom stereocenters. The third kappa shape index (κ3) is 8.66. The number of ether oxygens (including phenoxy) is 2. The average molecular weight is 557 g/mol. The number of hydrazone groups is 1. The minimum absolute atomic E-state index is 0.0680. The van der Waals surface area contributed by atoms with Crippen LogP contribution in [0.25, 0.3) is 0 Å². The zero-order valence-electron chi connectivity index (χ0n) is 19.4. The average Bonchev–Trinajstić information content (AvgIpc) is 3.36. The summed E-state index contributed by atoms with van der Waals surface area (Å²) in [7, 11) is -3.77. The third-order valence-electron chi connectivity index (χ3n) is 5.08. The first-order valence-electron chi connectivity index (χ1n) is 11.0. The van der Waals surface area contributed by atoms with Crippen LogP contribution in [-0.4, -0.2) is 65.1 Å². The van der Waals surface area contributed by atoms with E-state index in [1.54, 1.807) is 24.3 Å². The predicted octanol–water partition coefficient (Wildman–Crippen LogP) is 2.58. The van der Waals surface area contributed by atoms with Gasteiger partial charge in [-0.2, -0.15) is 5.10 Å². The molecule has 1 fully saturated rings. The van der Waals surface area contributed by atoms with Crippen molar-refractivity contribution in [1.82, 2.24) is 10.7 Å². The number of nitrogens with one attached hydrogen (secondary N) is 2. The molecule has 2 aromatic rings. The second kappa shape index (κ2) is 12.9. The SMILES string of the molecule is CS(=O)(=O)N(CC(=O)N/N=C/c1ccc(OCC(=O)NCC2CCCO2)cc1)c1ccc(Cl)c(Cl)c1. The Balaban J connectivity index is 1.47. The lowest BCUT2D eigenvalue weighted by molar-refractivity contribution is -0.123. The summed E-state index contributed by atoms with van der Waals surface area (Å²) in [5, 5.41) is 7.06. The summed E-state index contributed by atoms with van der Waals surface area (Å²) < 4.78 is 36.2. The van der Waals surface area contributed by atoms with E-state index in [1.807, 2.05) is 0 Å². The monoisotopic (exact) mass is 556 g/mol. The maximum absolute atomic E-state index is 12.3. The standard InChI is InChI=1S/C23H26Cl2N4O6S/c1-36(32,33)29(17-6-9-20(24)21(25)11-17)14-22(30)28-27-12-16-4-7-18(8-5-16)35-15-23(31)26-13-19-3-2-10-34-19/h4-9,11-12,19H,2-3,10,13-15H2,1H3,(H,26,31)(H,28,30)/b27-12+. The Hall–Kier alpha value is -2.86. The minimum atomic E-state index is -3.77. The van der Waals surface area contributed by atoms with Gasteiger partial charge in [0.15, 0.2) is 6.61 Å². The molecule has 0 aliphatic carbocycles. The highest BCUT2D eigenvalue weighted by molar-refractivity contribution is 7.92. The molecule has 0 aromatic heterocycles. The molecule has 13 heteroatoms. The van der Waals surface area contributed by atoms with Crippen molar-refractivity contribution in [1.29, 1.82) is 0 Å². The molecule has 0 saturated carbocycles. The van der Waals surface area contributed by atoms with E-state index in [-0.39, 0.29) is 34.4 Å². The van der Waals surface area contributed by atoms with Gasteiger partial charge in [0.2, 0.25) is 10.0 Å². The first-order valence-corrected chi connectivity index (χ1v) is 13.6. The summed E-state index contributed by atoms with van der Waals surface area (Å²) in [5.41, 5.74) is 3.14. The van der Waals surface area contributed by atoms with Crippen molar-refractivity contribution in [3.8, 4) is 5.75 Å². The lowest BCUT2D eigenvalue weighted by Gasteiger charge is -2.21. The molecule has 0 bridgehead atoms. The molecule has 0 radical (unpaired) electrons. The van der Waals surface area contributed by atoms with E-state index in [2.05, 4.69) is 15.8 Å². The van der Waals surface area contributed by atoms with Crippen molar-refractivity contribution in [2.45, 2.75) is 18.9 Å². The molecule has 2 amide bonds. The van der Waals surface area contributed by atoms with Crippen LogP contribution in [0.2, 0.25) is 10.0 Å². The van der Waals surface area contributed by atoms with Gasteiger partial charge in [0.05, 0.1) is 34.3 Å². The van der Waals surface area contributed by atoms with Gasteiger partial charge in [0, 0.05) is 13.2 Å².